The number of fused-ring (bicyclic) bond motifs is 1. The lowest BCUT2D eigenvalue weighted by atomic mass is 10.0. The van der Waals surface area contributed by atoms with E-state index in [0.29, 0.717) is 16.9 Å². The fourth-order valence-corrected chi connectivity index (χ4v) is 3.63. The van der Waals surface area contributed by atoms with Crippen LogP contribution in [0.1, 0.15) is 29.0 Å². The molecule has 0 saturated heterocycles. The van der Waals surface area contributed by atoms with Crippen molar-refractivity contribution in [2.75, 3.05) is 0 Å². The first-order chi connectivity index (χ1) is 9.15. The average molecular weight is 280 g/mol. The Labute approximate surface area is 113 Å². The van der Waals surface area contributed by atoms with E-state index in [1.165, 1.54) is 34.4 Å². The minimum absolute atomic E-state index is 0.446. The highest BCUT2D eigenvalue weighted by Crippen LogP contribution is 2.24. The normalized spacial score (nSPS) is 14.4. The SMILES string of the molecule is N=c1sc2c(n1Cc1ccc(F)c(F)c1)CCCC2. The van der Waals surface area contributed by atoms with Gasteiger partial charge in [-0.15, -0.1) is 11.3 Å². The molecule has 0 aliphatic heterocycles. The molecule has 100 valence electrons. The summed E-state index contributed by atoms with van der Waals surface area (Å²) in [6.45, 7) is 0.446. The van der Waals surface area contributed by atoms with Crippen molar-refractivity contribution in [3.05, 3.63) is 50.8 Å². The van der Waals surface area contributed by atoms with E-state index in [1.54, 1.807) is 6.07 Å². The number of benzene rings is 1. The third kappa shape index (κ3) is 2.34. The predicted octanol–water partition coefficient (Wildman–Crippen LogP) is 3.23. The first-order valence-electron chi connectivity index (χ1n) is 6.35. The molecule has 0 amide bonds. The molecule has 2 nitrogen and oxygen atoms in total. The molecule has 1 N–H and O–H groups in total. The Morgan fingerprint density at radius 1 is 1.16 bits per heavy atom. The van der Waals surface area contributed by atoms with Crippen LogP contribution in [0.5, 0.6) is 0 Å². The van der Waals surface area contributed by atoms with Crippen LogP contribution < -0.4 is 4.80 Å². The third-order valence-corrected chi connectivity index (χ3v) is 4.60. The van der Waals surface area contributed by atoms with Crippen molar-refractivity contribution >= 4 is 11.3 Å². The van der Waals surface area contributed by atoms with Gasteiger partial charge in [-0.2, -0.15) is 0 Å². The Kier molecular flexibility index (Phi) is 3.22. The summed E-state index contributed by atoms with van der Waals surface area (Å²) < 4.78 is 28.1. The maximum absolute atomic E-state index is 13.2. The number of nitrogens with one attached hydrogen (secondary N) is 1. The molecule has 0 radical (unpaired) electrons. The molecule has 0 spiro atoms. The molecule has 1 aromatic heterocycles. The minimum Gasteiger partial charge on any atom is -0.317 e. The van der Waals surface area contributed by atoms with Gasteiger partial charge in [-0.1, -0.05) is 6.07 Å². The number of hydrogen-bond donors (Lipinski definition) is 1. The van der Waals surface area contributed by atoms with Crippen molar-refractivity contribution in [2.45, 2.75) is 32.2 Å². The molecule has 1 aliphatic rings. The van der Waals surface area contributed by atoms with E-state index < -0.39 is 11.6 Å². The Morgan fingerprint density at radius 3 is 2.74 bits per heavy atom. The van der Waals surface area contributed by atoms with Crippen LogP contribution in [-0.4, -0.2) is 4.57 Å². The van der Waals surface area contributed by atoms with Crippen molar-refractivity contribution in [2.24, 2.45) is 0 Å². The van der Waals surface area contributed by atoms with Crippen LogP contribution in [0.25, 0.3) is 0 Å². The van der Waals surface area contributed by atoms with Gasteiger partial charge >= 0.3 is 0 Å². The van der Waals surface area contributed by atoms with Gasteiger partial charge in [0.2, 0.25) is 0 Å². The summed E-state index contributed by atoms with van der Waals surface area (Å²) in [7, 11) is 0. The van der Waals surface area contributed by atoms with E-state index >= 15 is 0 Å². The van der Waals surface area contributed by atoms with Gasteiger partial charge in [-0.05, 0) is 43.4 Å². The number of aromatic nitrogens is 1. The molecular formula is C14H14F2N2S. The molecule has 0 atom stereocenters. The van der Waals surface area contributed by atoms with E-state index in [-0.39, 0.29) is 0 Å². The molecule has 3 rings (SSSR count). The van der Waals surface area contributed by atoms with E-state index in [2.05, 4.69) is 0 Å². The van der Waals surface area contributed by atoms with Crippen LogP contribution in [0.3, 0.4) is 0 Å². The maximum Gasteiger partial charge on any atom is 0.182 e. The van der Waals surface area contributed by atoms with E-state index in [1.807, 2.05) is 4.57 Å². The molecule has 1 aliphatic carbocycles. The summed E-state index contributed by atoms with van der Waals surface area (Å²) >= 11 is 1.51. The van der Waals surface area contributed by atoms with Gasteiger partial charge in [-0.25, -0.2) is 8.78 Å². The number of aryl methyl sites for hydroxylation is 1. The lowest BCUT2D eigenvalue weighted by Crippen LogP contribution is -2.18. The Hall–Kier alpha value is -1.49. The molecular weight excluding hydrogens is 266 g/mol. The zero-order valence-electron chi connectivity index (χ0n) is 10.4. The Morgan fingerprint density at radius 2 is 1.95 bits per heavy atom. The number of nitrogens with zero attached hydrogens (tertiary/aromatic N) is 1. The zero-order valence-corrected chi connectivity index (χ0v) is 11.2. The van der Waals surface area contributed by atoms with Crippen molar-refractivity contribution in [3.63, 3.8) is 0 Å². The van der Waals surface area contributed by atoms with E-state index in [4.69, 9.17) is 5.41 Å². The van der Waals surface area contributed by atoms with Gasteiger partial charge in [0.1, 0.15) is 0 Å². The van der Waals surface area contributed by atoms with Crippen molar-refractivity contribution in [1.29, 1.82) is 5.41 Å². The van der Waals surface area contributed by atoms with Gasteiger partial charge in [0.25, 0.3) is 0 Å². The highest BCUT2D eigenvalue weighted by Gasteiger charge is 2.17. The molecule has 1 heterocycles. The monoisotopic (exact) mass is 280 g/mol. The predicted molar refractivity (Wildman–Crippen MR) is 70.3 cm³/mol. The van der Waals surface area contributed by atoms with Gasteiger partial charge in [0, 0.05) is 10.6 Å². The highest BCUT2D eigenvalue weighted by atomic mass is 32.1. The second-order valence-corrected chi connectivity index (χ2v) is 5.90. The Balaban J connectivity index is 1.97. The average Bonchev–Trinajstić information content (AvgIpc) is 2.71. The molecule has 5 heteroatoms. The van der Waals surface area contributed by atoms with Gasteiger partial charge in [-0.3, -0.25) is 5.41 Å². The number of halogens is 2. The summed E-state index contributed by atoms with van der Waals surface area (Å²) in [5.41, 5.74) is 1.90. The summed E-state index contributed by atoms with van der Waals surface area (Å²) in [6, 6.07) is 3.94. The van der Waals surface area contributed by atoms with Gasteiger partial charge in [0.05, 0.1) is 6.54 Å². The topological polar surface area (TPSA) is 28.8 Å². The van der Waals surface area contributed by atoms with Crippen LogP contribution in [-0.2, 0) is 19.4 Å². The molecule has 0 unspecified atom stereocenters. The van der Waals surface area contributed by atoms with Crippen LogP contribution in [0.4, 0.5) is 8.78 Å². The first kappa shape index (κ1) is 12.5. The first-order valence-corrected chi connectivity index (χ1v) is 7.16. The summed E-state index contributed by atoms with van der Waals surface area (Å²) in [5.74, 6) is -1.65. The standard InChI is InChI=1S/C14H14F2N2S/c15-10-6-5-9(7-11(10)16)8-18-12-3-1-2-4-13(12)19-14(18)17/h5-7,17H,1-4,8H2. The fourth-order valence-electron chi connectivity index (χ4n) is 2.54. The fraction of sp³-hybridized carbons (Fsp3) is 0.357. The molecule has 0 bridgehead atoms. The van der Waals surface area contributed by atoms with Crippen molar-refractivity contribution in [3.8, 4) is 0 Å². The van der Waals surface area contributed by atoms with Crippen molar-refractivity contribution in [1.82, 2.24) is 4.57 Å². The van der Waals surface area contributed by atoms with Crippen LogP contribution in [0.2, 0.25) is 0 Å². The largest absolute Gasteiger partial charge is 0.317 e. The van der Waals surface area contributed by atoms with Gasteiger partial charge in [0.15, 0.2) is 16.4 Å². The molecule has 19 heavy (non-hydrogen) atoms. The zero-order chi connectivity index (χ0) is 13.4. The highest BCUT2D eigenvalue weighted by molar-refractivity contribution is 7.09. The van der Waals surface area contributed by atoms with Crippen molar-refractivity contribution < 1.29 is 8.78 Å². The smallest absolute Gasteiger partial charge is 0.182 e. The number of thiazole rings is 1. The maximum atomic E-state index is 13.2. The summed E-state index contributed by atoms with van der Waals surface area (Å²) in [4.78, 5) is 1.77. The summed E-state index contributed by atoms with van der Waals surface area (Å²) in [5, 5.41) is 8.03. The van der Waals surface area contributed by atoms with E-state index in [0.717, 1.165) is 25.3 Å². The van der Waals surface area contributed by atoms with Crippen LogP contribution in [0.15, 0.2) is 18.2 Å². The van der Waals surface area contributed by atoms with Gasteiger partial charge < -0.3 is 4.57 Å². The Bertz CT molecular complexity index is 673. The molecule has 2 aromatic rings. The summed E-state index contributed by atoms with van der Waals surface area (Å²) in [6.07, 6.45) is 4.34. The number of hydrogen-bond acceptors (Lipinski definition) is 2. The third-order valence-electron chi connectivity index (χ3n) is 3.50. The second kappa shape index (κ2) is 4.89. The minimum atomic E-state index is -0.827. The van der Waals surface area contributed by atoms with Crippen LogP contribution in [0, 0.1) is 17.0 Å². The lowest BCUT2D eigenvalue weighted by Gasteiger charge is -2.14. The second-order valence-electron chi connectivity index (χ2n) is 4.82. The lowest BCUT2D eigenvalue weighted by molar-refractivity contribution is 0.506. The van der Waals surface area contributed by atoms with Crippen LogP contribution >= 0.6 is 11.3 Å². The quantitative estimate of drug-likeness (QED) is 0.875. The molecule has 1 aromatic carbocycles. The molecule has 0 saturated carbocycles. The number of rotatable bonds is 2. The molecule has 0 fully saturated rings. The van der Waals surface area contributed by atoms with E-state index in [9.17, 15) is 8.78 Å².